The van der Waals surface area contributed by atoms with E-state index < -0.39 is 0 Å². The van der Waals surface area contributed by atoms with Crippen molar-refractivity contribution >= 4 is 57.2 Å². The Morgan fingerprint density at radius 3 is 2.58 bits per heavy atom. The number of aromatic nitrogens is 1. The van der Waals surface area contributed by atoms with Crippen molar-refractivity contribution in [2.24, 2.45) is 5.10 Å². The van der Waals surface area contributed by atoms with Crippen molar-refractivity contribution in [2.75, 3.05) is 5.75 Å². The van der Waals surface area contributed by atoms with Crippen LogP contribution in [-0.4, -0.2) is 26.9 Å². The van der Waals surface area contributed by atoms with Gasteiger partial charge in [-0.2, -0.15) is 5.10 Å². The molecule has 0 saturated heterocycles. The number of carbonyl (C=O) groups is 1. The van der Waals surface area contributed by atoms with Gasteiger partial charge in [-0.3, -0.25) is 4.79 Å². The van der Waals surface area contributed by atoms with Crippen LogP contribution in [0.1, 0.15) is 34.0 Å². The zero-order valence-electron chi connectivity index (χ0n) is 20.9. The maximum Gasteiger partial charge on any atom is 0.253 e. The fourth-order valence-electron chi connectivity index (χ4n) is 4.83. The summed E-state index contributed by atoms with van der Waals surface area (Å²) in [5.74, 6) is 0.333. The summed E-state index contributed by atoms with van der Waals surface area (Å²) in [7, 11) is 0. The molecule has 38 heavy (non-hydrogen) atoms. The largest absolute Gasteiger partial charge is 0.342 e. The quantitative estimate of drug-likeness (QED) is 0.190. The number of hydrazone groups is 1. The van der Waals surface area contributed by atoms with Gasteiger partial charge in [0, 0.05) is 40.0 Å². The molecule has 3 heterocycles. The van der Waals surface area contributed by atoms with E-state index >= 15 is 0 Å². The van der Waals surface area contributed by atoms with E-state index in [2.05, 4.69) is 83.7 Å². The molecule has 0 bridgehead atoms. The van der Waals surface area contributed by atoms with Crippen LogP contribution >= 0.6 is 34.7 Å². The summed E-state index contributed by atoms with van der Waals surface area (Å²) in [6, 6.07) is 28.7. The number of thiophene rings is 1. The molecule has 7 heteroatoms. The molecule has 1 unspecified atom stereocenters. The van der Waals surface area contributed by atoms with Crippen LogP contribution in [-0.2, 0) is 11.3 Å². The number of hydrogen-bond donors (Lipinski definition) is 0. The van der Waals surface area contributed by atoms with Gasteiger partial charge in [-0.1, -0.05) is 77.8 Å². The van der Waals surface area contributed by atoms with Crippen molar-refractivity contribution < 1.29 is 4.79 Å². The predicted octanol–water partition coefficient (Wildman–Crippen LogP) is 8.18. The van der Waals surface area contributed by atoms with Gasteiger partial charge in [0.1, 0.15) is 0 Å². The number of hydrogen-bond acceptors (Lipinski definition) is 4. The predicted molar refractivity (Wildman–Crippen MR) is 159 cm³/mol. The van der Waals surface area contributed by atoms with Crippen molar-refractivity contribution in [2.45, 2.75) is 30.8 Å². The van der Waals surface area contributed by atoms with Gasteiger partial charge in [-0.25, -0.2) is 5.01 Å². The Bertz CT molecular complexity index is 1610. The lowest BCUT2D eigenvalue weighted by atomic mass is 10.00. The average Bonchev–Trinajstić information content (AvgIpc) is 3.69. The number of thioether (sulfide) groups is 1. The lowest BCUT2D eigenvalue weighted by Gasteiger charge is -2.22. The first-order chi connectivity index (χ1) is 18.5. The van der Waals surface area contributed by atoms with Crippen molar-refractivity contribution in [1.82, 2.24) is 9.58 Å². The van der Waals surface area contributed by atoms with Crippen LogP contribution in [0.3, 0.4) is 0 Å². The summed E-state index contributed by atoms with van der Waals surface area (Å²) >= 11 is 9.32. The molecule has 1 aliphatic heterocycles. The number of halogens is 1. The second kappa shape index (κ2) is 10.8. The fourth-order valence-corrected chi connectivity index (χ4v) is 6.62. The first-order valence-electron chi connectivity index (χ1n) is 12.5. The Morgan fingerprint density at radius 2 is 1.82 bits per heavy atom. The van der Waals surface area contributed by atoms with Gasteiger partial charge >= 0.3 is 0 Å². The van der Waals surface area contributed by atoms with Gasteiger partial charge in [-0.15, -0.1) is 23.1 Å². The van der Waals surface area contributed by atoms with Crippen molar-refractivity contribution in [3.05, 3.63) is 123 Å². The van der Waals surface area contributed by atoms with E-state index in [1.165, 1.54) is 11.1 Å². The van der Waals surface area contributed by atoms with Crippen LogP contribution in [0.2, 0.25) is 5.02 Å². The second-order valence-corrected chi connectivity index (χ2v) is 11.8. The van der Waals surface area contributed by atoms with Gasteiger partial charge in [-0.05, 0) is 47.7 Å². The third kappa shape index (κ3) is 5.17. The lowest BCUT2D eigenvalue weighted by Crippen LogP contribution is -2.28. The molecule has 0 saturated carbocycles. The monoisotopic (exact) mass is 555 g/mol. The minimum Gasteiger partial charge on any atom is -0.342 e. The van der Waals surface area contributed by atoms with Crippen LogP contribution in [0.5, 0.6) is 0 Å². The highest BCUT2D eigenvalue weighted by atomic mass is 35.5. The third-order valence-corrected chi connectivity index (χ3v) is 9.00. The minimum atomic E-state index is -0.0907. The molecule has 2 aromatic heterocycles. The first kappa shape index (κ1) is 25.0. The summed E-state index contributed by atoms with van der Waals surface area (Å²) in [4.78, 5) is 15.8. The van der Waals surface area contributed by atoms with Gasteiger partial charge in [0.15, 0.2) is 0 Å². The summed E-state index contributed by atoms with van der Waals surface area (Å²) in [6.45, 7) is 2.82. The molecule has 190 valence electrons. The molecule has 0 fully saturated rings. The highest BCUT2D eigenvalue weighted by molar-refractivity contribution is 8.00. The second-order valence-electron chi connectivity index (χ2n) is 9.45. The van der Waals surface area contributed by atoms with Crippen molar-refractivity contribution in [3.8, 4) is 0 Å². The molecule has 1 aliphatic rings. The molecule has 4 nitrogen and oxygen atoms in total. The van der Waals surface area contributed by atoms with E-state index in [4.69, 9.17) is 16.7 Å². The molecular formula is C31H26ClN3OS2. The Labute approximate surface area is 235 Å². The van der Waals surface area contributed by atoms with Gasteiger partial charge in [0.05, 0.1) is 22.4 Å². The van der Waals surface area contributed by atoms with E-state index in [0.717, 1.165) is 49.9 Å². The smallest absolute Gasteiger partial charge is 0.253 e. The molecule has 1 atom stereocenters. The maximum atomic E-state index is 13.6. The number of benzene rings is 3. The normalized spacial score (nSPS) is 15.3. The number of nitrogens with zero attached hydrogens (tertiary/aromatic N) is 3. The van der Waals surface area contributed by atoms with Crippen LogP contribution in [0, 0.1) is 6.92 Å². The Balaban J connectivity index is 1.24. The van der Waals surface area contributed by atoms with Gasteiger partial charge < -0.3 is 4.57 Å². The zero-order chi connectivity index (χ0) is 26.1. The van der Waals surface area contributed by atoms with E-state index in [0.29, 0.717) is 5.75 Å². The summed E-state index contributed by atoms with van der Waals surface area (Å²) in [5.41, 5.74) is 5.62. The number of amides is 1. The van der Waals surface area contributed by atoms with Crippen molar-refractivity contribution in [1.29, 1.82) is 0 Å². The summed E-state index contributed by atoms with van der Waals surface area (Å²) in [6.07, 6.45) is 2.87. The standard InChI is InChI=1S/C31H26ClN3OS2/c1-21-8-12-23(13-9-21)28-17-26(29-7-4-16-37-29)33-35(28)31(36)20-38-30-19-34(27-6-3-2-5-25(27)30)18-22-10-14-24(32)15-11-22/h2-16,19,28H,17-18,20H2,1H3. The molecule has 1 amide bonds. The Kier molecular flexibility index (Phi) is 7.11. The molecule has 0 radical (unpaired) electrons. The molecule has 3 aromatic carbocycles. The van der Waals surface area contributed by atoms with Gasteiger partial charge in [0.25, 0.3) is 5.91 Å². The van der Waals surface area contributed by atoms with Crippen molar-refractivity contribution in [3.63, 3.8) is 0 Å². The Hall–Kier alpha value is -3.32. The molecule has 5 aromatic rings. The van der Waals surface area contributed by atoms with E-state index in [1.54, 1.807) is 28.1 Å². The van der Waals surface area contributed by atoms with Crippen LogP contribution in [0.15, 0.2) is 107 Å². The lowest BCUT2D eigenvalue weighted by molar-refractivity contribution is -0.130. The number of rotatable bonds is 7. The highest BCUT2D eigenvalue weighted by Crippen LogP contribution is 2.36. The SMILES string of the molecule is Cc1ccc(C2CC(c3cccs3)=NN2C(=O)CSc2cn(Cc3ccc(Cl)cc3)c3ccccc23)cc1. The van der Waals surface area contributed by atoms with Gasteiger partial charge in [0.2, 0.25) is 0 Å². The van der Waals surface area contributed by atoms with Crippen LogP contribution in [0.25, 0.3) is 10.9 Å². The number of fused-ring (bicyclic) bond motifs is 1. The highest BCUT2D eigenvalue weighted by Gasteiger charge is 2.33. The zero-order valence-corrected chi connectivity index (χ0v) is 23.3. The molecule has 6 rings (SSSR count). The first-order valence-corrected chi connectivity index (χ1v) is 14.7. The molecule has 0 N–H and O–H groups in total. The van der Waals surface area contributed by atoms with Crippen LogP contribution in [0.4, 0.5) is 0 Å². The number of para-hydroxylation sites is 1. The topological polar surface area (TPSA) is 37.6 Å². The number of aryl methyl sites for hydroxylation is 1. The van der Waals surface area contributed by atoms with Crippen LogP contribution < -0.4 is 0 Å². The average molecular weight is 556 g/mol. The minimum absolute atomic E-state index is 0.0154. The molecule has 0 spiro atoms. The van der Waals surface area contributed by atoms with E-state index in [1.807, 2.05) is 24.3 Å². The molecule has 0 aliphatic carbocycles. The van der Waals surface area contributed by atoms with E-state index in [-0.39, 0.29) is 11.9 Å². The fraction of sp³-hybridized carbons (Fsp3) is 0.161. The summed E-state index contributed by atoms with van der Waals surface area (Å²) in [5, 5.41) is 10.5. The molecular weight excluding hydrogens is 530 g/mol. The summed E-state index contributed by atoms with van der Waals surface area (Å²) < 4.78 is 2.24. The number of carbonyl (C=O) groups excluding carboxylic acids is 1. The third-order valence-electron chi connectivity index (χ3n) is 6.80. The Morgan fingerprint density at radius 1 is 1.03 bits per heavy atom. The van der Waals surface area contributed by atoms with E-state index in [9.17, 15) is 4.79 Å². The maximum absolute atomic E-state index is 13.6.